The van der Waals surface area contributed by atoms with Gasteiger partial charge in [0.2, 0.25) is 0 Å². The molecule has 100 valence electrons. The van der Waals surface area contributed by atoms with Crippen LogP contribution in [0.1, 0.15) is 0 Å². The van der Waals surface area contributed by atoms with Crippen molar-refractivity contribution in [1.82, 2.24) is 9.97 Å². The first kappa shape index (κ1) is 12.0. The Balaban J connectivity index is 2.17. The number of imidazole rings is 1. The van der Waals surface area contributed by atoms with Gasteiger partial charge in [-0.1, -0.05) is 0 Å². The summed E-state index contributed by atoms with van der Waals surface area (Å²) >= 11 is 0. The minimum atomic E-state index is -0.567. The first-order chi connectivity index (χ1) is 9.54. The van der Waals surface area contributed by atoms with Crippen molar-refractivity contribution in [1.29, 1.82) is 0 Å². The predicted octanol–water partition coefficient (Wildman–Crippen LogP) is 2.43. The molecule has 0 fully saturated rings. The van der Waals surface area contributed by atoms with E-state index in [1.807, 2.05) is 0 Å². The number of non-ortho nitro benzene ring substituents is 1. The third-order valence-corrected chi connectivity index (χ3v) is 2.95. The molecule has 4 N–H and O–H groups in total. The molecular formula is C13H10N4O3. The van der Waals surface area contributed by atoms with E-state index in [-0.39, 0.29) is 11.4 Å². The summed E-state index contributed by atoms with van der Waals surface area (Å²) < 4.78 is 0. The predicted molar refractivity (Wildman–Crippen MR) is 74.3 cm³/mol. The Hall–Kier alpha value is -3.09. The highest BCUT2D eigenvalue weighted by molar-refractivity contribution is 5.87. The number of nitro groups is 1. The number of hydrogen-bond acceptors (Lipinski definition) is 5. The molecule has 0 saturated heterocycles. The van der Waals surface area contributed by atoms with E-state index >= 15 is 0 Å². The summed E-state index contributed by atoms with van der Waals surface area (Å²) in [6.45, 7) is 0. The molecule has 0 unspecified atom stereocenters. The quantitative estimate of drug-likeness (QED) is 0.375. The average Bonchev–Trinajstić information content (AvgIpc) is 2.84. The number of fused-ring (bicyclic) bond motifs is 1. The van der Waals surface area contributed by atoms with E-state index in [0.29, 0.717) is 22.5 Å². The smallest absolute Gasteiger partial charge is 0.275 e. The van der Waals surface area contributed by atoms with Crippen LogP contribution in [0.4, 0.5) is 11.4 Å². The summed E-state index contributed by atoms with van der Waals surface area (Å²) in [5.74, 6) is 0.281. The minimum absolute atomic E-state index is 0.192. The maximum Gasteiger partial charge on any atom is 0.275 e. The Morgan fingerprint density at radius 1 is 1.25 bits per heavy atom. The van der Waals surface area contributed by atoms with Gasteiger partial charge in [0.15, 0.2) is 0 Å². The van der Waals surface area contributed by atoms with Crippen LogP contribution in [-0.4, -0.2) is 20.0 Å². The maximum absolute atomic E-state index is 10.8. The molecule has 0 aliphatic rings. The Bertz CT molecular complexity index is 808. The molecule has 1 aromatic heterocycles. The van der Waals surface area contributed by atoms with Crippen molar-refractivity contribution >= 4 is 22.4 Å². The number of aromatic hydroxyl groups is 1. The van der Waals surface area contributed by atoms with Crippen molar-refractivity contribution in [3.05, 3.63) is 46.5 Å². The lowest BCUT2D eigenvalue weighted by atomic mass is 10.2. The van der Waals surface area contributed by atoms with Crippen LogP contribution in [0, 0.1) is 10.1 Å². The van der Waals surface area contributed by atoms with E-state index in [4.69, 9.17) is 5.73 Å². The number of phenolic OH excluding ortho intramolecular Hbond substituents is 1. The van der Waals surface area contributed by atoms with Crippen molar-refractivity contribution in [2.75, 3.05) is 5.73 Å². The lowest BCUT2D eigenvalue weighted by Crippen LogP contribution is -1.87. The van der Waals surface area contributed by atoms with Gasteiger partial charge in [-0.05, 0) is 24.3 Å². The van der Waals surface area contributed by atoms with Crippen LogP contribution >= 0.6 is 0 Å². The molecule has 0 saturated carbocycles. The second kappa shape index (κ2) is 4.23. The van der Waals surface area contributed by atoms with E-state index in [0.717, 1.165) is 11.6 Å². The molecule has 20 heavy (non-hydrogen) atoms. The fourth-order valence-electron chi connectivity index (χ4n) is 1.97. The summed E-state index contributed by atoms with van der Waals surface area (Å²) in [7, 11) is 0. The SMILES string of the molecule is Nc1ccc(-c2nc3c(O)cc([N+](=O)[O-])cc3[nH]2)cc1. The summed E-state index contributed by atoms with van der Waals surface area (Å²) in [6.07, 6.45) is 0. The van der Waals surface area contributed by atoms with Gasteiger partial charge in [-0.2, -0.15) is 0 Å². The van der Waals surface area contributed by atoms with Gasteiger partial charge in [0, 0.05) is 17.3 Å². The molecule has 1 heterocycles. The number of nitrogens with one attached hydrogen (secondary N) is 1. The van der Waals surface area contributed by atoms with Crippen molar-refractivity contribution in [2.24, 2.45) is 0 Å². The van der Waals surface area contributed by atoms with Crippen LogP contribution < -0.4 is 5.73 Å². The number of H-pyrrole nitrogens is 1. The van der Waals surface area contributed by atoms with E-state index in [9.17, 15) is 15.2 Å². The molecule has 0 aliphatic heterocycles. The van der Waals surface area contributed by atoms with Crippen molar-refractivity contribution in [3.8, 4) is 17.1 Å². The lowest BCUT2D eigenvalue weighted by Gasteiger charge is -1.96. The number of nitrogen functional groups attached to an aromatic ring is 1. The minimum Gasteiger partial charge on any atom is -0.505 e. The Morgan fingerprint density at radius 3 is 2.60 bits per heavy atom. The van der Waals surface area contributed by atoms with E-state index in [1.165, 1.54) is 6.07 Å². The zero-order chi connectivity index (χ0) is 14.3. The molecule has 7 nitrogen and oxygen atoms in total. The number of nitrogens with two attached hydrogens (primary N) is 1. The largest absolute Gasteiger partial charge is 0.505 e. The molecule has 2 aromatic carbocycles. The van der Waals surface area contributed by atoms with Gasteiger partial charge in [0.05, 0.1) is 16.5 Å². The van der Waals surface area contributed by atoms with Gasteiger partial charge in [-0.15, -0.1) is 0 Å². The number of hydrogen-bond donors (Lipinski definition) is 3. The number of aromatic nitrogens is 2. The monoisotopic (exact) mass is 270 g/mol. The zero-order valence-electron chi connectivity index (χ0n) is 10.2. The van der Waals surface area contributed by atoms with E-state index < -0.39 is 4.92 Å². The zero-order valence-corrected chi connectivity index (χ0v) is 10.2. The fourth-order valence-corrected chi connectivity index (χ4v) is 1.97. The average molecular weight is 270 g/mol. The van der Waals surface area contributed by atoms with Crippen LogP contribution in [0.3, 0.4) is 0 Å². The number of nitro benzene ring substituents is 1. The van der Waals surface area contributed by atoms with E-state index in [1.54, 1.807) is 24.3 Å². The fraction of sp³-hybridized carbons (Fsp3) is 0. The molecule has 0 aliphatic carbocycles. The Labute approximate surface area is 112 Å². The van der Waals surface area contributed by atoms with Crippen molar-refractivity contribution in [2.45, 2.75) is 0 Å². The number of anilines is 1. The van der Waals surface area contributed by atoms with Crippen LogP contribution in [-0.2, 0) is 0 Å². The number of nitrogens with zero attached hydrogens (tertiary/aromatic N) is 2. The molecule has 3 aromatic rings. The summed E-state index contributed by atoms with van der Waals surface area (Å²) in [5.41, 5.74) is 7.52. The first-order valence-corrected chi connectivity index (χ1v) is 5.77. The number of phenols is 1. The van der Waals surface area contributed by atoms with E-state index in [2.05, 4.69) is 9.97 Å². The molecule has 0 bridgehead atoms. The lowest BCUT2D eigenvalue weighted by molar-refractivity contribution is -0.384. The molecule has 0 amide bonds. The van der Waals surface area contributed by atoms with Gasteiger partial charge in [-0.25, -0.2) is 4.98 Å². The van der Waals surface area contributed by atoms with Gasteiger partial charge in [-0.3, -0.25) is 10.1 Å². The number of aromatic amines is 1. The maximum atomic E-state index is 10.8. The molecule has 0 radical (unpaired) electrons. The standard InChI is InChI=1S/C13H10N4O3/c14-8-3-1-7(2-4-8)13-15-10-5-9(17(19)20)6-11(18)12(10)16-13/h1-6,18H,14H2,(H,15,16). The second-order valence-corrected chi connectivity index (χ2v) is 4.33. The van der Waals surface area contributed by atoms with Crippen LogP contribution in [0.2, 0.25) is 0 Å². The second-order valence-electron chi connectivity index (χ2n) is 4.33. The van der Waals surface area contributed by atoms with Crippen LogP contribution in [0.25, 0.3) is 22.4 Å². The van der Waals surface area contributed by atoms with Gasteiger partial charge in [0.1, 0.15) is 17.1 Å². The molecule has 3 rings (SSSR count). The van der Waals surface area contributed by atoms with Crippen LogP contribution in [0.15, 0.2) is 36.4 Å². The molecular weight excluding hydrogens is 260 g/mol. The molecule has 0 atom stereocenters. The Kier molecular flexibility index (Phi) is 2.53. The third-order valence-electron chi connectivity index (χ3n) is 2.95. The molecule has 0 spiro atoms. The number of benzene rings is 2. The molecule has 7 heteroatoms. The topological polar surface area (TPSA) is 118 Å². The van der Waals surface area contributed by atoms with Gasteiger partial charge < -0.3 is 15.8 Å². The highest BCUT2D eigenvalue weighted by Crippen LogP contribution is 2.31. The van der Waals surface area contributed by atoms with Crippen molar-refractivity contribution < 1.29 is 10.0 Å². The first-order valence-electron chi connectivity index (χ1n) is 5.77. The normalized spacial score (nSPS) is 10.8. The summed E-state index contributed by atoms with van der Waals surface area (Å²) in [5, 5.41) is 20.6. The third kappa shape index (κ3) is 1.91. The van der Waals surface area contributed by atoms with Gasteiger partial charge in [0.25, 0.3) is 5.69 Å². The summed E-state index contributed by atoms with van der Waals surface area (Å²) in [6, 6.07) is 9.42. The highest BCUT2D eigenvalue weighted by atomic mass is 16.6. The van der Waals surface area contributed by atoms with Gasteiger partial charge >= 0.3 is 0 Å². The van der Waals surface area contributed by atoms with Crippen molar-refractivity contribution in [3.63, 3.8) is 0 Å². The summed E-state index contributed by atoms with van der Waals surface area (Å²) in [4.78, 5) is 17.4. The number of rotatable bonds is 2. The highest BCUT2D eigenvalue weighted by Gasteiger charge is 2.15. The van der Waals surface area contributed by atoms with Crippen LogP contribution in [0.5, 0.6) is 5.75 Å². The Morgan fingerprint density at radius 2 is 1.95 bits per heavy atom.